The van der Waals surface area contributed by atoms with Crippen LogP contribution in [0.2, 0.25) is 0 Å². The smallest absolute Gasteiger partial charge is 0.0470 e. The van der Waals surface area contributed by atoms with Crippen molar-refractivity contribution in [3.63, 3.8) is 0 Å². The Bertz CT molecular complexity index is 53.5. The molecule has 1 saturated carbocycles. The first-order chi connectivity index (χ1) is 2.84. The first kappa shape index (κ1) is 4.60. The first-order valence-electron chi connectivity index (χ1n) is 2.09. The van der Waals surface area contributed by atoms with Crippen LogP contribution < -0.4 is 0 Å². The van der Waals surface area contributed by atoms with Gasteiger partial charge in [-0.25, -0.2) is 0 Å². The van der Waals surface area contributed by atoms with Gasteiger partial charge in [0.15, 0.2) is 0 Å². The van der Waals surface area contributed by atoms with Gasteiger partial charge in [0.25, 0.3) is 0 Å². The molecule has 2 atom stereocenters. The minimum Gasteiger partial charge on any atom is -0.396 e. The van der Waals surface area contributed by atoms with E-state index in [1.165, 1.54) is 0 Å². The lowest BCUT2D eigenvalue weighted by atomic mass is 10.5. The lowest BCUT2D eigenvalue weighted by Gasteiger charge is -1.78. The summed E-state index contributed by atoms with van der Waals surface area (Å²) in [7, 11) is 0. The van der Waals surface area contributed by atoms with Crippen molar-refractivity contribution in [2.75, 3.05) is 6.61 Å². The van der Waals surface area contributed by atoms with Crippen molar-refractivity contribution in [3.05, 3.63) is 0 Å². The Kier molecular flexibility index (Phi) is 1.15. The molecule has 1 nitrogen and oxygen atoms in total. The third kappa shape index (κ3) is 0.738. The van der Waals surface area contributed by atoms with E-state index in [-0.39, 0.29) is 0 Å². The quantitative estimate of drug-likeness (QED) is 0.548. The first-order valence-corrected chi connectivity index (χ1v) is 3.01. The standard InChI is InChI=1S/C4H7BrO/c5-4-1-3(4)2-6/h3-4,6H,1-2H2/t3-,4+/m0/s1. The Balaban J connectivity index is 2.09. The Hall–Kier alpha value is 0.440. The predicted octanol–water partition coefficient (Wildman–Crippen LogP) is 0.762. The summed E-state index contributed by atoms with van der Waals surface area (Å²) < 4.78 is 0. The monoisotopic (exact) mass is 150 g/mol. The zero-order valence-corrected chi connectivity index (χ0v) is 4.98. The van der Waals surface area contributed by atoms with Crippen LogP contribution in [0.4, 0.5) is 0 Å². The topological polar surface area (TPSA) is 20.2 Å². The van der Waals surface area contributed by atoms with Gasteiger partial charge in [-0.05, 0) is 12.3 Å². The Morgan fingerprint density at radius 3 is 2.33 bits per heavy atom. The van der Waals surface area contributed by atoms with E-state index < -0.39 is 0 Å². The summed E-state index contributed by atoms with van der Waals surface area (Å²) in [6, 6.07) is 0. The summed E-state index contributed by atoms with van der Waals surface area (Å²) in [6.07, 6.45) is 1.16. The molecule has 0 aromatic carbocycles. The number of rotatable bonds is 1. The fourth-order valence-corrected chi connectivity index (χ4v) is 1.05. The van der Waals surface area contributed by atoms with Gasteiger partial charge in [-0.15, -0.1) is 0 Å². The van der Waals surface area contributed by atoms with E-state index in [9.17, 15) is 0 Å². The summed E-state index contributed by atoms with van der Waals surface area (Å²) in [6.45, 7) is 0.357. The maximum Gasteiger partial charge on any atom is 0.0470 e. The summed E-state index contributed by atoms with van der Waals surface area (Å²) in [4.78, 5) is 0.627. The fourth-order valence-electron chi connectivity index (χ4n) is 0.400. The second-order valence-corrected chi connectivity index (χ2v) is 2.87. The molecule has 0 unspecified atom stereocenters. The van der Waals surface area contributed by atoms with Gasteiger partial charge in [-0.2, -0.15) is 0 Å². The molecule has 36 valence electrons. The van der Waals surface area contributed by atoms with Crippen LogP contribution in [0.3, 0.4) is 0 Å². The maximum absolute atomic E-state index is 8.35. The molecule has 0 saturated heterocycles. The molecule has 0 aromatic rings. The normalized spacial score (nSPS) is 43.0. The van der Waals surface area contributed by atoms with E-state index in [1.807, 2.05) is 0 Å². The molecule has 0 amide bonds. The van der Waals surface area contributed by atoms with Crippen LogP contribution in [0.15, 0.2) is 0 Å². The van der Waals surface area contributed by atoms with E-state index in [0.29, 0.717) is 17.4 Å². The molecule has 2 heteroatoms. The van der Waals surface area contributed by atoms with Crippen LogP contribution in [-0.2, 0) is 0 Å². The third-order valence-electron chi connectivity index (χ3n) is 1.07. The molecule has 0 aromatic heterocycles. The maximum atomic E-state index is 8.35. The zero-order valence-electron chi connectivity index (χ0n) is 3.39. The highest BCUT2D eigenvalue weighted by Crippen LogP contribution is 2.36. The summed E-state index contributed by atoms with van der Waals surface area (Å²) in [5.41, 5.74) is 0. The molecular formula is C4H7BrO. The lowest BCUT2D eigenvalue weighted by Crippen LogP contribution is -1.84. The van der Waals surface area contributed by atoms with Crippen LogP contribution in [0.25, 0.3) is 0 Å². The second kappa shape index (κ2) is 1.51. The van der Waals surface area contributed by atoms with Crippen LogP contribution in [0, 0.1) is 5.92 Å². The van der Waals surface area contributed by atoms with Gasteiger partial charge in [0, 0.05) is 11.4 Å². The second-order valence-electron chi connectivity index (χ2n) is 1.69. The lowest BCUT2D eigenvalue weighted by molar-refractivity contribution is 0.277. The Morgan fingerprint density at radius 2 is 2.33 bits per heavy atom. The molecule has 1 fully saturated rings. The van der Waals surface area contributed by atoms with Gasteiger partial charge >= 0.3 is 0 Å². The van der Waals surface area contributed by atoms with Gasteiger partial charge in [-0.1, -0.05) is 15.9 Å². The van der Waals surface area contributed by atoms with Crippen LogP contribution in [-0.4, -0.2) is 16.5 Å². The molecule has 1 N–H and O–H groups in total. The molecule has 0 radical (unpaired) electrons. The van der Waals surface area contributed by atoms with Gasteiger partial charge < -0.3 is 5.11 Å². The minimum atomic E-state index is 0.357. The van der Waals surface area contributed by atoms with Gasteiger partial charge in [0.05, 0.1) is 0 Å². The average Bonchev–Trinajstić information content (AvgIpc) is 2.19. The van der Waals surface area contributed by atoms with Crippen molar-refractivity contribution in [2.45, 2.75) is 11.2 Å². The Labute approximate surface area is 45.5 Å². The van der Waals surface area contributed by atoms with E-state index >= 15 is 0 Å². The Morgan fingerprint density at radius 1 is 1.83 bits per heavy atom. The highest BCUT2D eigenvalue weighted by Gasteiger charge is 2.33. The van der Waals surface area contributed by atoms with Crippen LogP contribution in [0.5, 0.6) is 0 Å². The zero-order chi connectivity index (χ0) is 4.57. The summed E-state index contributed by atoms with van der Waals surface area (Å²) in [5, 5.41) is 8.35. The molecule has 0 aliphatic heterocycles. The number of halogens is 1. The molecular weight excluding hydrogens is 144 g/mol. The van der Waals surface area contributed by atoms with Crippen molar-refractivity contribution in [2.24, 2.45) is 5.92 Å². The molecule has 0 heterocycles. The largest absolute Gasteiger partial charge is 0.396 e. The number of alkyl halides is 1. The molecule has 0 bridgehead atoms. The van der Waals surface area contributed by atoms with Crippen molar-refractivity contribution in [3.8, 4) is 0 Å². The van der Waals surface area contributed by atoms with E-state index in [0.717, 1.165) is 6.42 Å². The number of aliphatic hydroxyl groups excluding tert-OH is 1. The highest BCUT2D eigenvalue weighted by molar-refractivity contribution is 9.09. The molecule has 1 aliphatic rings. The number of aliphatic hydroxyl groups is 1. The van der Waals surface area contributed by atoms with Gasteiger partial charge in [-0.3, -0.25) is 0 Å². The number of hydrogen-bond donors (Lipinski definition) is 1. The van der Waals surface area contributed by atoms with Crippen LogP contribution >= 0.6 is 15.9 Å². The third-order valence-corrected chi connectivity index (χ3v) is 2.19. The fraction of sp³-hybridized carbons (Fsp3) is 1.00. The molecule has 6 heavy (non-hydrogen) atoms. The van der Waals surface area contributed by atoms with Crippen LogP contribution in [0.1, 0.15) is 6.42 Å². The summed E-state index contributed by atoms with van der Waals surface area (Å²) >= 11 is 3.35. The number of hydrogen-bond acceptors (Lipinski definition) is 1. The highest BCUT2D eigenvalue weighted by atomic mass is 79.9. The SMILES string of the molecule is OC[C@@H]1C[C@H]1Br. The van der Waals surface area contributed by atoms with Crippen molar-refractivity contribution < 1.29 is 5.11 Å². The molecule has 1 rings (SSSR count). The van der Waals surface area contributed by atoms with Gasteiger partial charge in [0.2, 0.25) is 0 Å². The van der Waals surface area contributed by atoms with Crippen molar-refractivity contribution >= 4 is 15.9 Å². The summed E-state index contributed by atoms with van der Waals surface area (Å²) in [5.74, 6) is 0.574. The molecule has 1 aliphatic carbocycles. The van der Waals surface area contributed by atoms with Crippen molar-refractivity contribution in [1.82, 2.24) is 0 Å². The minimum absolute atomic E-state index is 0.357. The van der Waals surface area contributed by atoms with E-state index in [4.69, 9.17) is 5.11 Å². The van der Waals surface area contributed by atoms with E-state index in [1.54, 1.807) is 0 Å². The van der Waals surface area contributed by atoms with Gasteiger partial charge in [0.1, 0.15) is 0 Å². The average molecular weight is 151 g/mol. The predicted molar refractivity (Wildman–Crippen MR) is 27.9 cm³/mol. The van der Waals surface area contributed by atoms with E-state index in [2.05, 4.69) is 15.9 Å². The molecule has 0 spiro atoms. The van der Waals surface area contributed by atoms with Crippen molar-refractivity contribution in [1.29, 1.82) is 0 Å².